The van der Waals surface area contributed by atoms with Crippen molar-refractivity contribution < 1.29 is 23.9 Å². The number of rotatable bonds is 18. The molecular formula is C23H42O5. The van der Waals surface area contributed by atoms with Crippen LogP contribution in [0.5, 0.6) is 0 Å². The molecule has 0 saturated carbocycles. The second kappa shape index (κ2) is 17.7. The highest BCUT2D eigenvalue weighted by Gasteiger charge is 2.14. The maximum Gasteiger partial charge on any atom is 0.305 e. The van der Waals surface area contributed by atoms with Crippen molar-refractivity contribution in [2.24, 2.45) is 5.92 Å². The van der Waals surface area contributed by atoms with Gasteiger partial charge in [-0.05, 0) is 52.4 Å². The number of esters is 2. The van der Waals surface area contributed by atoms with Crippen LogP contribution in [0.1, 0.15) is 111 Å². The van der Waals surface area contributed by atoms with Crippen LogP contribution >= 0.6 is 0 Å². The van der Waals surface area contributed by atoms with E-state index in [2.05, 4.69) is 6.92 Å². The molecule has 0 fully saturated rings. The lowest BCUT2D eigenvalue weighted by molar-refractivity contribution is -0.147. The predicted octanol–water partition coefficient (Wildman–Crippen LogP) is 5.78. The molecule has 0 N–H and O–H groups in total. The van der Waals surface area contributed by atoms with Crippen LogP contribution < -0.4 is 0 Å². The normalized spacial score (nSPS) is 13.0. The van der Waals surface area contributed by atoms with E-state index in [4.69, 9.17) is 9.47 Å². The zero-order valence-corrected chi connectivity index (χ0v) is 18.6. The molecule has 0 heterocycles. The quantitative estimate of drug-likeness (QED) is 0.216. The first-order valence-corrected chi connectivity index (χ1v) is 11.2. The van der Waals surface area contributed by atoms with Gasteiger partial charge in [-0.3, -0.25) is 14.4 Å². The fraction of sp³-hybridized carbons (Fsp3) is 0.870. The van der Waals surface area contributed by atoms with Gasteiger partial charge in [0.1, 0.15) is 11.9 Å². The van der Waals surface area contributed by atoms with Crippen LogP contribution in [0.2, 0.25) is 0 Å². The summed E-state index contributed by atoms with van der Waals surface area (Å²) in [5.41, 5.74) is 0. The Balaban J connectivity index is 3.86. The molecule has 0 spiro atoms. The molecule has 0 aliphatic heterocycles. The Kier molecular flexibility index (Phi) is 16.8. The summed E-state index contributed by atoms with van der Waals surface area (Å²) < 4.78 is 10.3. The van der Waals surface area contributed by atoms with Crippen LogP contribution in [0.3, 0.4) is 0 Å². The van der Waals surface area contributed by atoms with E-state index in [0.29, 0.717) is 13.0 Å². The lowest BCUT2D eigenvalue weighted by atomic mass is 9.91. The number of ketones is 1. The highest BCUT2D eigenvalue weighted by atomic mass is 16.5. The third kappa shape index (κ3) is 15.6. The summed E-state index contributed by atoms with van der Waals surface area (Å²) in [6, 6.07) is 0. The number of Topliss-reactive ketones (excluding diaryl/α,β-unsaturated/α-hetero) is 1. The second-order valence-corrected chi connectivity index (χ2v) is 7.72. The summed E-state index contributed by atoms with van der Waals surface area (Å²) in [6.45, 7) is 7.54. The van der Waals surface area contributed by atoms with E-state index in [0.717, 1.165) is 77.0 Å². The topological polar surface area (TPSA) is 69.7 Å². The molecular weight excluding hydrogens is 356 g/mol. The first-order chi connectivity index (χ1) is 13.4. The van der Waals surface area contributed by atoms with Crippen molar-refractivity contribution in [2.75, 3.05) is 6.61 Å². The van der Waals surface area contributed by atoms with Crippen molar-refractivity contribution in [1.82, 2.24) is 0 Å². The SMILES string of the molecule is CCCC(CCCCCC(CCCCCCC(=O)OCC)C(C)=O)OC(C)=O. The van der Waals surface area contributed by atoms with Gasteiger partial charge in [-0.15, -0.1) is 0 Å². The van der Waals surface area contributed by atoms with Gasteiger partial charge in [0, 0.05) is 19.3 Å². The highest BCUT2D eigenvalue weighted by molar-refractivity contribution is 5.78. The average molecular weight is 399 g/mol. The molecule has 164 valence electrons. The molecule has 0 radical (unpaired) electrons. The molecule has 5 nitrogen and oxygen atoms in total. The van der Waals surface area contributed by atoms with Gasteiger partial charge in [-0.1, -0.05) is 45.4 Å². The largest absolute Gasteiger partial charge is 0.466 e. The van der Waals surface area contributed by atoms with Gasteiger partial charge in [0.05, 0.1) is 6.61 Å². The van der Waals surface area contributed by atoms with Crippen molar-refractivity contribution in [3.8, 4) is 0 Å². The molecule has 2 atom stereocenters. The van der Waals surface area contributed by atoms with Crippen LogP contribution in [0.25, 0.3) is 0 Å². The minimum Gasteiger partial charge on any atom is -0.466 e. The van der Waals surface area contributed by atoms with Crippen molar-refractivity contribution in [1.29, 1.82) is 0 Å². The highest BCUT2D eigenvalue weighted by Crippen LogP contribution is 2.20. The fourth-order valence-electron chi connectivity index (χ4n) is 3.56. The van der Waals surface area contributed by atoms with Crippen molar-refractivity contribution in [2.45, 2.75) is 117 Å². The zero-order chi connectivity index (χ0) is 21.2. The molecule has 0 bridgehead atoms. The van der Waals surface area contributed by atoms with Gasteiger partial charge in [0.15, 0.2) is 0 Å². The summed E-state index contributed by atoms with van der Waals surface area (Å²) >= 11 is 0. The first kappa shape index (κ1) is 26.6. The lowest BCUT2D eigenvalue weighted by Gasteiger charge is -2.17. The number of ether oxygens (including phenoxy) is 2. The Labute approximate surface area is 171 Å². The molecule has 0 aromatic carbocycles. The Hall–Kier alpha value is -1.39. The van der Waals surface area contributed by atoms with E-state index in [1.165, 1.54) is 6.92 Å². The minimum absolute atomic E-state index is 0.0423. The zero-order valence-electron chi connectivity index (χ0n) is 18.6. The van der Waals surface area contributed by atoms with Crippen molar-refractivity contribution in [3.05, 3.63) is 0 Å². The molecule has 5 heteroatoms. The predicted molar refractivity (Wildman–Crippen MR) is 112 cm³/mol. The first-order valence-electron chi connectivity index (χ1n) is 11.2. The number of carbonyl (C=O) groups excluding carboxylic acids is 3. The van der Waals surface area contributed by atoms with E-state index < -0.39 is 0 Å². The van der Waals surface area contributed by atoms with Gasteiger partial charge >= 0.3 is 11.9 Å². The van der Waals surface area contributed by atoms with E-state index in [9.17, 15) is 14.4 Å². The van der Waals surface area contributed by atoms with Crippen molar-refractivity contribution >= 4 is 17.7 Å². The molecule has 0 aliphatic carbocycles. The Morgan fingerprint density at radius 2 is 1.32 bits per heavy atom. The van der Waals surface area contributed by atoms with Crippen LogP contribution in [-0.2, 0) is 23.9 Å². The van der Waals surface area contributed by atoms with E-state index in [1.54, 1.807) is 6.92 Å². The van der Waals surface area contributed by atoms with E-state index in [1.807, 2.05) is 6.92 Å². The molecule has 28 heavy (non-hydrogen) atoms. The third-order valence-corrected chi connectivity index (χ3v) is 5.09. The number of carbonyl (C=O) groups is 3. The summed E-state index contributed by atoms with van der Waals surface area (Å²) in [5, 5.41) is 0. The summed E-state index contributed by atoms with van der Waals surface area (Å²) in [4.78, 5) is 34.3. The third-order valence-electron chi connectivity index (χ3n) is 5.09. The van der Waals surface area contributed by atoms with Gasteiger partial charge in [-0.25, -0.2) is 0 Å². The molecule has 2 unspecified atom stereocenters. The van der Waals surface area contributed by atoms with Gasteiger partial charge < -0.3 is 9.47 Å². The molecule has 0 aliphatic rings. The van der Waals surface area contributed by atoms with Crippen molar-refractivity contribution in [3.63, 3.8) is 0 Å². The van der Waals surface area contributed by atoms with Crippen LogP contribution in [0.15, 0.2) is 0 Å². The Bertz CT molecular complexity index is 433. The fourth-order valence-corrected chi connectivity index (χ4v) is 3.56. The summed E-state index contributed by atoms with van der Waals surface area (Å²) in [6.07, 6.45) is 12.4. The number of hydrogen-bond acceptors (Lipinski definition) is 5. The van der Waals surface area contributed by atoms with Crippen LogP contribution in [0.4, 0.5) is 0 Å². The van der Waals surface area contributed by atoms with Gasteiger partial charge in [0.2, 0.25) is 0 Å². The average Bonchev–Trinajstić information content (AvgIpc) is 2.62. The monoisotopic (exact) mass is 398 g/mol. The summed E-state index contributed by atoms with van der Waals surface area (Å²) in [7, 11) is 0. The van der Waals surface area contributed by atoms with Gasteiger partial charge in [-0.2, -0.15) is 0 Å². The lowest BCUT2D eigenvalue weighted by Crippen LogP contribution is -2.16. The standard InChI is InChI=1S/C23H42O5/c1-5-14-22(28-20(4)25)17-12-9-11-16-21(19(3)24)15-10-7-8-13-18-23(26)27-6-2/h21-22H,5-18H2,1-4H3. The Morgan fingerprint density at radius 3 is 1.86 bits per heavy atom. The van der Waals surface area contributed by atoms with E-state index in [-0.39, 0.29) is 29.7 Å². The second-order valence-electron chi connectivity index (χ2n) is 7.72. The maximum absolute atomic E-state index is 11.9. The van der Waals surface area contributed by atoms with Crippen LogP contribution in [-0.4, -0.2) is 30.4 Å². The number of unbranched alkanes of at least 4 members (excludes halogenated alkanes) is 5. The van der Waals surface area contributed by atoms with Gasteiger partial charge in [0.25, 0.3) is 0 Å². The molecule has 0 rings (SSSR count). The minimum atomic E-state index is -0.197. The smallest absolute Gasteiger partial charge is 0.305 e. The molecule has 0 saturated heterocycles. The molecule has 0 amide bonds. The summed E-state index contributed by atoms with van der Waals surface area (Å²) in [5.74, 6) is 0.136. The van der Waals surface area contributed by atoms with Crippen LogP contribution in [0, 0.1) is 5.92 Å². The molecule has 0 aromatic heterocycles. The molecule has 0 aromatic rings. The maximum atomic E-state index is 11.9. The van der Waals surface area contributed by atoms with E-state index >= 15 is 0 Å². The Morgan fingerprint density at radius 1 is 0.750 bits per heavy atom. The number of hydrogen-bond donors (Lipinski definition) is 0.